The van der Waals surface area contributed by atoms with Crippen molar-refractivity contribution in [2.45, 2.75) is 20.0 Å². The van der Waals surface area contributed by atoms with Crippen LogP contribution in [0.25, 0.3) is 0 Å². The predicted molar refractivity (Wildman–Crippen MR) is 120 cm³/mol. The van der Waals surface area contributed by atoms with Crippen molar-refractivity contribution in [3.05, 3.63) is 83.9 Å². The first-order chi connectivity index (χ1) is 14.5. The molecule has 0 spiro atoms. The van der Waals surface area contributed by atoms with Crippen molar-refractivity contribution in [3.63, 3.8) is 0 Å². The Bertz CT molecular complexity index is 1000. The van der Waals surface area contributed by atoms with Crippen molar-refractivity contribution < 1.29 is 14.3 Å². The van der Waals surface area contributed by atoms with E-state index < -0.39 is 0 Å². The zero-order valence-electron chi connectivity index (χ0n) is 17.3. The van der Waals surface area contributed by atoms with Crippen LogP contribution in [0.15, 0.2) is 77.9 Å². The molecule has 0 bridgehead atoms. The minimum Gasteiger partial charge on any atom is -0.493 e. The quantitative estimate of drug-likeness (QED) is 0.411. The van der Waals surface area contributed by atoms with E-state index in [0.29, 0.717) is 17.1 Å². The topological polar surface area (TPSA) is 72.0 Å². The number of para-hydroxylation sites is 1. The maximum absolute atomic E-state index is 12.4. The van der Waals surface area contributed by atoms with E-state index in [1.807, 2.05) is 68.4 Å². The van der Waals surface area contributed by atoms with E-state index >= 15 is 0 Å². The molecule has 3 rings (SSSR count). The number of nitrogens with one attached hydrogen (secondary N) is 2. The zero-order chi connectivity index (χ0) is 21.3. The third-order valence-electron chi connectivity index (χ3n) is 4.14. The van der Waals surface area contributed by atoms with E-state index in [-0.39, 0.29) is 12.0 Å². The number of anilines is 2. The van der Waals surface area contributed by atoms with Crippen LogP contribution >= 0.6 is 0 Å². The van der Waals surface area contributed by atoms with Gasteiger partial charge in [-0.2, -0.15) is 5.10 Å². The average Bonchev–Trinajstić information content (AvgIpc) is 2.75. The highest BCUT2D eigenvalue weighted by molar-refractivity contribution is 5.95. The molecule has 0 radical (unpaired) electrons. The Morgan fingerprint density at radius 2 is 1.63 bits per heavy atom. The summed E-state index contributed by atoms with van der Waals surface area (Å²) < 4.78 is 11.0. The van der Waals surface area contributed by atoms with E-state index in [4.69, 9.17) is 9.47 Å². The van der Waals surface area contributed by atoms with Crippen molar-refractivity contribution in [2.75, 3.05) is 12.4 Å². The van der Waals surface area contributed by atoms with E-state index in [9.17, 15) is 4.79 Å². The molecule has 0 aliphatic heterocycles. The third-order valence-corrected chi connectivity index (χ3v) is 4.14. The summed E-state index contributed by atoms with van der Waals surface area (Å²) in [7, 11) is 1.54. The summed E-state index contributed by atoms with van der Waals surface area (Å²) in [6.07, 6.45) is 1.61. The van der Waals surface area contributed by atoms with Gasteiger partial charge < -0.3 is 14.8 Å². The minimum absolute atomic E-state index is 0.0115. The number of nitrogens with zero attached hydrogens (tertiary/aromatic N) is 1. The molecule has 0 heterocycles. The van der Waals surface area contributed by atoms with Crippen LogP contribution in [0, 0.1) is 0 Å². The van der Waals surface area contributed by atoms with Gasteiger partial charge in [-0.1, -0.05) is 30.3 Å². The molecular weight excluding hydrogens is 378 g/mol. The van der Waals surface area contributed by atoms with Gasteiger partial charge in [0.15, 0.2) is 11.5 Å². The lowest BCUT2D eigenvalue weighted by Crippen LogP contribution is -2.18. The summed E-state index contributed by atoms with van der Waals surface area (Å²) in [6, 6.07) is 22.7. The van der Waals surface area contributed by atoms with E-state index in [0.717, 1.165) is 16.9 Å². The monoisotopic (exact) mass is 403 g/mol. The first kappa shape index (κ1) is 20.9. The largest absolute Gasteiger partial charge is 0.493 e. The van der Waals surface area contributed by atoms with Crippen LogP contribution in [0.4, 0.5) is 11.4 Å². The van der Waals surface area contributed by atoms with Gasteiger partial charge in [-0.3, -0.25) is 4.79 Å². The van der Waals surface area contributed by atoms with Gasteiger partial charge in [0.05, 0.1) is 19.4 Å². The lowest BCUT2D eigenvalue weighted by Gasteiger charge is -2.14. The Morgan fingerprint density at radius 3 is 2.30 bits per heavy atom. The van der Waals surface area contributed by atoms with Crippen LogP contribution in [0.1, 0.15) is 29.8 Å². The number of hydrogen-bond donors (Lipinski definition) is 2. The molecule has 0 aromatic heterocycles. The van der Waals surface area contributed by atoms with Gasteiger partial charge in [0.2, 0.25) is 0 Å². The number of hydrogen-bond acceptors (Lipinski definition) is 5. The fourth-order valence-corrected chi connectivity index (χ4v) is 2.73. The normalized spacial score (nSPS) is 10.8. The summed E-state index contributed by atoms with van der Waals surface area (Å²) in [5, 5.41) is 7.36. The number of amides is 1. The number of hydrazone groups is 1. The van der Waals surface area contributed by atoms with E-state index in [1.165, 1.54) is 0 Å². The molecular formula is C24H25N3O3. The van der Waals surface area contributed by atoms with Gasteiger partial charge in [0.1, 0.15) is 0 Å². The first-order valence-electron chi connectivity index (χ1n) is 9.65. The summed E-state index contributed by atoms with van der Waals surface area (Å²) in [5.74, 6) is 0.765. The van der Waals surface area contributed by atoms with E-state index in [2.05, 4.69) is 15.8 Å². The Labute approximate surface area is 176 Å². The third kappa shape index (κ3) is 5.85. The summed E-state index contributed by atoms with van der Waals surface area (Å²) in [5.41, 5.74) is 5.82. The number of benzene rings is 3. The number of rotatable bonds is 8. The standard InChI is InChI=1S/C24H25N3O3/c1-17(2)30-22-14-11-19(15-23(22)29-3)24(28)27-25-16-18-9-12-21(13-10-18)26-20-7-5-4-6-8-20/h4-17,26H,1-3H3,(H,27,28)/b25-16+. The Morgan fingerprint density at radius 1 is 0.933 bits per heavy atom. The highest BCUT2D eigenvalue weighted by atomic mass is 16.5. The summed E-state index contributed by atoms with van der Waals surface area (Å²) in [6.45, 7) is 3.86. The predicted octanol–water partition coefficient (Wildman–Crippen LogP) is 4.99. The molecule has 0 atom stereocenters. The molecule has 2 N–H and O–H groups in total. The zero-order valence-corrected chi connectivity index (χ0v) is 17.3. The Kier molecular flexibility index (Phi) is 7.05. The van der Waals surface area contributed by atoms with Gasteiger partial charge in [0, 0.05) is 16.9 Å². The van der Waals surface area contributed by atoms with Crippen molar-refractivity contribution in [2.24, 2.45) is 5.10 Å². The number of carbonyl (C=O) groups is 1. The molecule has 6 nitrogen and oxygen atoms in total. The lowest BCUT2D eigenvalue weighted by atomic mass is 10.2. The second kappa shape index (κ2) is 10.1. The molecule has 0 fully saturated rings. The van der Waals surface area contributed by atoms with Crippen LogP contribution in [-0.2, 0) is 0 Å². The number of ether oxygens (including phenoxy) is 2. The molecule has 1 amide bonds. The van der Waals surface area contributed by atoms with Crippen molar-refractivity contribution in [1.82, 2.24) is 5.43 Å². The highest BCUT2D eigenvalue weighted by Gasteiger charge is 2.11. The molecule has 0 aliphatic carbocycles. The summed E-state index contributed by atoms with van der Waals surface area (Å²) >= 11 is 0. The molecule has 30 heavy (non-hydrogen) atoms. The average molecular weight is 403 g/mol. The van der Waals surface area contributed by atoms with Crippen LogP contribution in [0.2, 0.25) is 0 Å². The molecule has 3 aromatic rings. The Balaban J connectivity index is 1.59. The van der Waals surface area contributed by atoms with Crippen molar-refractivity contribution in [1.29, 1.82) is 0 Å². The van der Waals surface area contributed by atoms with Gasteiger partial charge in [0.25, 0.3) is 5.91 Å². The fraction of sp³-hybridized carbons (Fsp3) is 0.167. The van der Waals surface area contributed by atoms with E-state index in [1.54, 1.807) is 31.5 Å². The summed E-state index contributed by atoms with van der Waals surface area (Å²) in [4.78, 5) is 12.4. The van der Waals surface area contributed by atoms with Gasteiger partial charge in [-0.05, 0) is 61.9 Å². The first-order valence-corrected chi connectivity index (χ1v) is 9.65. The maximum atomic E-state index is 12.4. The molecule has 0 unspecified atom stereocenters. The minimum atomic E-state index is -0.331. The van der Waals surface area contributed by atoms with Gasteiger partial charge in [-0.25, -0.2) is 5.43 Å². The fourth-order valence-electron chi connectivity index (χ4n) is 2.73. The van der Waals surface area contributed by atoms with Crippen LogP contribution in [0.3, 0.4) is 0 Å². The molecule has 0 saturated carbocycles. The molecule has 6 heteroatoms. The smallest absolute Gasteiger partial charge is 0.271 e. The number of carbonyl (C=O) groups excluding carboxylic acids is 1. The van der Waals surface area contributed by atoms with Crippen LogP contribution in [-0.4, -0.2) is 25.3 Å². The van der Waals surface area contributed by atoms with Gasteiger partial charge in [-0.15, -0.1) is 0 Å². The maximum Gasteiger partial charge on any atom is 0.271 e. The molecule has 154 valence electrons. The second-order valence-corrected chi connectivity index (χ2v) is 6.84. The van der Waals surface area contributed by atoms with Crippen LogP contribution < -0.4 is 20.2 Å². The molecule has 0 saturated heterocycles. The van der Waals surface area contributed by atoms with Crippen molar-refractivity contribution >= 4 is 23.5 Å². The SMILES string of the molecule is COc1cc(C(=O)N/N=C/c2ccc(Nc3ccccc3)cc2)ccc1OC(C)C. The van der Waals surface area contributed by atoms with Gasteiger partial charge >= 0.3 is 0 Å². The molecule has 0 aliphatic rings. The second-order valence-electron chi connectivity index (χ2n) is 6.84. The number of methoxy groups -OCH3 is 1. The van der Waals surface area contributed by atoms with Crippen molar-refractivity contribution in [3.8, 4) is 11.5 Å². The lowest BCUT2D eigenvalue weighted by molar-refractivity contribution is 0.0954. The Hall–Kier alpha value is -3.80. The highest BCUT2D eigenvalue weighted by Crippen LogP contribution is 2.29. The van der Waals surface area contributed by atoms with Crippen LogP contribution in [0.5, 0.6) is 11.5 Å². The molecule has 3 aromatic carbocycles.